The van der Waals surface area contributed by atoms with Crippen molar-refractivity contribution in [2.24, 2.45) is 10.9 Å². The molecule has 6 nitrogen and oxygen atoms in total. The van der Waals surface area contributed by atoms with Crippen molar-refractivity contribution in [1.82, 2.24) is 15.5 Å². The summed E-state index contributed by atoms with van der Waals surface area (Å²) in [5.41, 5.74) is 0. The molecule has 0 bridgehead atoms. The fraction of sp³-hybridized carbons (Fsp3) is 0.579. The molecule has 1 fully saturated rings. The summed E-state index contributed by atoms with van der Waals surface area (Å²) in [4.78, 5) is 18.5. The molecular weight excluding hydrogens is 396 g/mol. The molecule has 0 aromatic heterocycles. The zero-order valence-corrected chi connectivity index (χ0v) is 17.2. The first-order valence-corrected chi connectivity index (χ1v) is 10.0. The number of hydrogen-bond acceptors (Lipinski definition) is 3. The Balaban J connectivity index is 1.80. The first-order valence-electron chi connectivity index (χ1n) is 9.24. The second-order valence-electron chi connectivity index (χ2n) is 6.35. The van der Waals surface area contributed by atoms with Crippen LogP contribution in [0.5, 0.6) is 5.75 Å². The summed E-state index contributed by atoms with van der Waals surface area (Å²) in [7, 11) is 1.70. The maximum atomic E-state index is 11.5. The number of piperidine rings is 1. The van der Waals surface area contributed by atoms with Crippen LogP contribution in [0.1, 0.15) is 26.2 Å². The predicted octanol–water partition coefficient (Wildman–Crippen LogP) is 2.64. The van der Waals surface area contributed by atoms with Crippen LogP contribution in [0.2, 0.25) is 0 Å². The van der Waals surface area contributed by atoms with E-state index in [4.69, 9.17) is 9.73 Å². The lowest BCUT2D eigenvalue weighted by Crippen LogP contribution is -2.46. The van der Waals surface area contributed by atoms with Gasteiger partial charge in [-0.15, -0.1) is 0 Å². The first-order chi connectivity index (χ1) is 12.6. The van der Waals surface area contributed by atoms with Crippen molar-refractivity contribution >= 4 is 27.8 Å². The van der Waals surface area contributed by atoms with Crippen LogP contribution in [-0.4, -0.2) is 56.6 Å². The van der Waals surface area contributed by atoms with E-state index >= 15 is 0 Å². The number of amides is 1. The number of likely N-dealkylation sites (tertiary alicyclic amines) is 1. The predicted molar refractivity (Wildman–Crippen MR) is 109 cm³/mol. The van der Waals surface area contributed by atoms with Gasteiger partial charge in [0.2, 0.25) is 5.91 Å². The fourth-order valence-electron chi connectivity index (χ4n) is 3.01. The van der Waals surface area contributed by atoms with Crippen LogP contribution >= 0.6 is 15.9 Å². The van der Waals surface area contributed by atoms with Crippen LogP contribution in [0, 0.1) is 5.92 Å². The maximum absolute atomic E-state index is 11.5. The number of carbonyl (C=O) groups is 1. The molecule has 0 unspecified atom stereocenters. The Labute approximate surface area is 164 Å². The summed E-state index contributed by atoms with van der Waals surface area (Å²) < 4.78 is 6.75. The minimum atomic E-state index is 0.133. The van der Waals surface area contributed by atoms with Gasteiger partial charge in [-0.2, -0.15) is 0 Å². The van der Waals surface area contributed by atoms with Crippen LogP contribution in [0.3, 0.4) is 0 Å². The number of rotatable bonds is 7. The monoisotopic (exact) mass is 424 g/mol. The molecule has 1 aliphatic heterocycles. The smallest absolute Gasteiger partial charge is 0.220 e. The lowest BCUT2D eigenvalue weighted by molar-refractivity contribution is -0.121. The van der Waals surface area contributed by atoms with Gasteiger partial charge in [-0.3, -0.25) is 4.79 Å². The van der Waals surface area contributed by atoms with Crippen LogP contribution in [-0.2, 0) is 4.79 Å². The molecule has 0 aliphatic carbocycles. The fourth-order valence-corrected chi connectivity index (χ4v) is 3.39. The lowest BCUT2D eigenvalue weighted by Gasteiger charge is -2.34. The Morgan fingerprint density at radius 3 is 2.81 bits per heavy atom. The Kier molecular flexibility index (Phi) is 8.74. The third kappa shape index (κ3) is 6.86. The van der Waals surface area contributed by atoms with Gasteiger partial charge in [-0.1, -0.05) is 22.0 Å². The summed E-state index contributed by atoms with van der Waals surface area (Å²) in [6.07, 6.45) is 2.66. The van der Waals surface area contributed by atoms with Gasteiger partial charge in [-0.25, -0.2) is 4.99 Å². The number of halogens is 1. The quantitative estimate of drug-likeness (QED) is 0.401. The van der Waals surface area contributed by atoms with Crippen molar-refractivity contribution < 1.29 is 9.53 Å². The van der Waals surface area contributed by atoms with Gasteiger partial charge in [0, 0.05) is 37.6 Å². The molecular formula is C19H29BrN4O2. The first kappa shape index (κ1) is 20.6. The summed E-state index contributed by atoms with van der Waals surface area (Å²) in [5.74, 6) is 2.38. The third-order valence-electron chi connectivity index (χ3n) is 4.42. The van der Waals surface area contributed by atoms with Crippen molar-refractivity contribution in [3.05, 3.63) is 28.7 Å². The molecule has 1 aromatic carbocycles. The SMILES string of the molecule is CCNC(=NCCOc1cccc(Br)c1)N1CCC(CC(=O)NC)CC1. The zero-order chi connectivity index (χ0) is 18.8. The van der Waals surface area contributed by atoms with Crippen molar-refractivity contribution in [2.45, 2.75) is 26.2 Å². The molecule has 2 rings (SSSR count). The van der Waals surface area contributed by atoms with Gasteiger partial charge in [0.05, 0.1) is 6.54 Å². The van der Waals surface area contributed by atoms with Crippen LogP contribution < -0.4 is 15.4 Å². The maximum Gasteiger partial charge on any atom is 0.220 e. The summed E-state index contributed by atoms with van der Waals surface area (Å²) in [6.45, 7) is 5.92. The van der Waals surface area contributed by atoms with E-state index in [1.165, 1.54) is 0 Å². The minimum Gasteiger partial charge on any atom is -0.492 e. The van der Waals surface area contributed by atoms with Crippen LogP contribution in [0.4, 0.5) is 0 Å². The molecule has 7 heteroatoms. The average Bonchev–Trinajstić information content (AvgIpc) is 2.65. The third-order valence-corrected chi connectivity index (χ3v) is 4.91. The number of benzene rings is 1. The number of nitrogens with one attached hydrogen (secondary N) is 2. The van der Waals surface area contributed by atoms with E-state index in [0.717, 1.165) is 48.7 Å². The van der Waals surface area contributed by atoms with Gasteiger partial charge >= 0.3 is 0 Å². The highest BCUT2D eigenvalue weighted by atomic mass is 79.9. The molecule has 1 amide bonds. The Bertz CT molecular complexity index is 601. The molecule has 1 saturated heterocycles. The van der Waals surface area contributed by atoms with Crippen molar-refractivity contribution in [2.75, 3.05) is 39.8 Å². The molecule has 0 radical (unpaired) electrons. The number of ether oxygens (including phenoxy) is 1. The van der Waals surface area contributed by atoms with Gasteiger partial charge in [0.1, 0.15) is 12.4 Å². The molecule has 26 heavy (non-hydrogen) atoms. The molecule has 0 atom stereocenters. The second-order valence-corrected chi connectivity index (χ2v) is 7.26. The van der Waals surface area contributed by atoms with E-state index in [9.17, 15) is 4.79 Å². The zero-order valence-electron chi connectivity index (χ0n) is 15.6. The molecule has 0 spiro atoms. The van der Waals surface area contributed by atoms with Gasteiger partial charge in [0.15, 0.2) is 5.96 Å². The largest absolute Gasteiger partial charge is 0.492 e. The van der Waals surface area contributed by atoms with Gasteiger partial charge < -0.3 is 20.3 Å². The van der Waals surface area contributed by atoms with E-state index in [1.807, 2.05) is 24.3 Å². The van der Waals surface area contributed by atoms with Gasteiger partial charge in [-0.05, 0) is 43.9 Å². The molecule has 1 heterocycles. The van der Waals surface area contributed by atoms with Crippen molar-refractivity contribution in [1.29, 1.82) is 0 Å². The number of hydrogen-bond donors (Lipinski definition) is 2. The highest BCUT2D eigenvalue weighted by Gasteiger charge is 2.22. The highest BCUT2D eigenvalue weighted by molar-refractivity contribution is 9.10. The van der Waals surface area contributed by atoms with E-state index in [0.29, 0.717) is 25.5 Å². The molecule has 0 saturated carbocycles. The van der Waals surface area contributed by atoms with E-state index in [-0.39, 0.29) is 5.91 Å². The number of aliphatic imine (C=N–C) groups is 1. The van der Waals surface area contributed by atoms with E-state index < -0.39 is 0 Å². The highest BCUT2D eigenvalue weighted by Crippen LogP contribution is 2.20. The number of carbonyl (C=O) groups excluding carboxylic acids is 1. The standard InChI is InChI=1S/C19H29BrN4O2/c1-3-22-19(23-9-12-26-17-6-4-5-16(20)14-17)24-10-7-15(8-11-24)13-18(25)21-2/h4-6,14-15H,3,7-13H2,1-2H3,(H,21,25)(H,22,23). The lowest BCUT2D eigenvalue weighted by atomic mass is 9.93. The Morgan fingerprint density at radius 2 is 2.15 bits per heavy atom. The summed E-state index contributed by atoms with van der Waals surface area (Å²) in [6, 6.07) is 7.82. The molecule has 1 aliphatic rings. The van der Waals surface area contributed by atoms with Gasteiger partial charge in [0.25, 0.3) is 0 Å². The average molecular weight is 425 g/mol. The minimum absolute atomic E-state index is 0.133. The second kappa shape index (κ2) is 11.1. The Hall–Kier alpha value is -1.76. The van der Waals surface area contributed by atoms with E-state index in [1.54, 1.807) is 7.05 Å². The van der Waals surface area contributed by atoms with Crippen LogP contribution in [0.15, 0.2) is 33.7 Å². The van der Waals surface area contributed by atoms with Crippen molar-refractivity contribution in [3.63, 3.8) is 0 Å². The molecule has 144 valence electrons. The van der Waals surface area contributed by atoms with E-state index in [2.05, 4.69) is 38.4 Å². The van der Waals surface area contributed by atoms with Crippen LogP contribution in [0.25, 0.3) is 0 Å². The summed E-state index contributed by atoms with van der Waals surface area (Å²) in [5, 5.41) is 6.07. The number of nitrogens with zero attached hydrogens (tertiary/aromatic N) is 2. The summed E-state index contributed by atoms with van der Waals surface area (Å²) >= 11 is 3.44. The topological polar surface area (TPSA) is 66.0 Å². The van der Waals surface area contributed by atoms with Crippen molar-refractivity contribution in [3.8, 4) is 5.75 Å². The number of guanidine groups is 1. The molecule has 2 N–H and O–H groups in total. The normalized spacial score (nSPS) is 15.7. The molecule has 1 aromatic rings. The Morgan fingerprint density at radius 1 is 1.38 bits per heavy atom.